The summed E-state index contributed by atoms with van der Waals surface area (Å²) in [5.74, 6) is -1.17. The summed E-state index contributed by atoms with van der Waals surface area (Å²) in [7, 11) is 3.49. The van der Waals surface area contributed by atoms with Crippen LogP contribution in [0.25, 0.3) is 0 Å². The molecule has 0 spiro atoms. The maximum Gasteiger partial charge on any atom is 0.407 e. The van der Waals surface area contributed by atoms with Crippen LogP contribution in [0.15, 0.2) is 0 Å². The fraction of sp³-hybridized carbons (Fsp3) is 0.812. The van der Waals surface area contributed by atoms with Gasteiger partial charge in [-0.25, -0.2) is 14.5 Å². The highest BCUT2D eigenvalue weighted by atomic mass is 17.1. The first kappa shape index (κ1) is 24.1. The average molecular weight is 377 g/mol. The van der Waals surface area contributed by atoms with Gasteiger partial charge in [-0.2, -0.15) is 0 Å². The Balaban J connectivity index is 0.000000896. The van der Waals surface area contributed by atoms with Crippen molar-refractivity contribution in [3.8, 4) is 0 Å². The summed E-state index contributed by atoms with van der Waals surface area (Å²) < 4.78 is 5.23. The van der Waals surface area contributed by atoms with E-state index >= 15 is 0 Å². The van der Waals surface area contributed by atoms with Crippen molar-refractivity contribution in [1.82, 2.24) is 10.2 Å². The lowest BCUT2D eigenvalue weighted by Gasteiger charge is -2.35. The Morgan fingerprint density at radius 1 is 1.23 bits per heavy atom. The maximum atomic E-state index is 12.0. The second kappa shape index (κ2) is 10.9. The van der Waals surface area contributed by atoms with Gasteiger partial charge in [0.05, 0.1) is 0 Å². The molecule has 0 aromatic heterocycles. The predicted molar refractivity (Wildman–Crippen MR) is 93.4 cm³/mol. The number of aliphatic carboxylic acids is 1. The molecule has 1 rings (SSSR count). The molecule has 3 atom stereocenters. The van der Waals surface area contributed by atoms with Crippen LogP contribution >= 0.6 is 0 Å². The standard InChI is InChI=1S/C14H27N3O3.C2H4O4/c1-14(2,3)20-13(19)16-11-8-9(6-7-10(11)15)12(18)17(4)5;3-2(4)1-6-5/h9-11H,6-8,15H2,1-5H3,(H,16,19);5H,1H2,(H,3,4)/t9-,10-,11+;/m0./s1. The molecule has 1 fully saturated rings. The van der Waals surface area contributed by atoms with Crippen molar-refractivity contribution in [3.05, 3.63) is 0 Å². The molecule has 10 heteroatoms. The third kappa shape index (κ3) is 10.2. The number of amides is 2. The molecule has 26 heavy (non-hydrogen) atoms. The van der Waals surface area contributed by atoms with Gasteiger partial charge in [0.25, 0.3) is 0 Å². The fourth-order valence-electron chi connectivity index (χ4n) is 2.46. The summed E-state index contributed by atoms with van der Waals surface area (Å²) in [6.45, 7) is 4.78. The number of nitrogens with one attached hydrogen (secondary N) is 1. The Morgan fingerprint density at radius 2 is 1.81 bits per heavy atom. The normalized spacial score (nSPS) is 22.5. The highest BCUT2D eigenvalue weighted by Crippen LogP contribution is 2.25. The van der Waals surface area contributed by atoms with Crippen LogP contribution in [0.5, 0.6) is 0 Å². The number of carboxylic acid groups (broad SMARTS) is 1. The van der Waals surface area contributed by atoms with Crippen molar-refractivity contribution in [1.29, 1.82) is 0 Å². The lowest BCUT2D eigenvalue weighted by Crippen LogP contribution is -2.53. The first-order valence-corrected chi connectivity index (χ1v) is 8.31. The van der Waals surface area contributed by atoms with Crippen LogP contribution in [0.1, 0.15) is 40.0 Å². The van der Waals surface area contributed by atoms with E-state index in [0.717, 1.165) is 12.8 Å². The van der Waals surface area contributed by atoms with Gasteiger partial charge < -0.3 is 25.8 Å². The van der Waals surface area contributed by atoms with Gasteiger partial charge in [-0.1, -0.05) is 0 Å². The van der Waals surface area contributed by atoms with Crippen molar-refractivity contribution < 1.29 is 34.4 Å². The molecule has 1 saturated carbocycles. The first-order chi connectivity index (χ1) is 11.9. The summed E-state index contributed by atoms with van der Waals surface area (Å²) in [5, 5.41) is 17.8. The molecular formula is C16H31N3O7. The monoisotopic (exact) mass is 377 g/mol. The molecule has 0 heterocycles. The van der Waals surface area contributed by atoms with Crippen LogP contribution in [-0.4, -0.2) is 71.6 Å². The number of hydrogen-bond donors (Lipinski definition) is 4. The van der Waals surface area contributed by atoms with Gasteiger partial charge in [-0.05, 0) is 40.0 Å². The number of ether oxygens (including phenoxy) is 1. The minimum Gasteiger partial charge on any atom is -0.479 e. The van der Waals surface area contributed by atoms with Gasteiger partial charge in [-0.15, -0.1) is 0 Å². The van der Waals surface area contributed by atoms with E-state index in [-0.39, 0.29) is 23.9 Å². The molecule has 0 aromatic rings. The van der Waals surface area contributed by atoms with E-state index in [2.05, 4.69) is 10.2 Å². The van der Waals surface area contributed by atoms with E-state index in [9.17, 15) is 14.4 Å². The Bertz CT molecular complexity index is 477. The third-order valence-electron chi connectivity index (χ3n) is 3.58. The Morgan fingerprint density at radius 3 is 2.19 bits per heavy atom. The molecular weight excluding hydrogens is 346 g/mol. The Hall–Kier alpha value is -1.91. The number of nitrogens with zero attached hydrogens (tertiary/aromatic N) is 1. The van der Waals surface area contributed by atoms with E-state index in [0.29, 0.717) is 6.42 Å². The molecule has 5 N–H and O–H groups in total. The van der Waals surface area contributed by atoms with Crippen LogP contribution < -0.4 is 11.1 Å². The van der Waals surface area contributed by atoms with Crippen LogP contribution in [0.3, 0.4) is 0 Å². The lowest BCUT2D eigenvalue weighted by molar-refractivity contribution is -0.243. The number of carbonyl (C=O) groups is 3. The highest BCUT2D eigenvalue weighted by molar-refractivity contribution is 5.78. The molecule has 0 aromatic carbocycles. The number of hydrogen-bond acceptors (Lipinski definition) is 7. The fourth-order valence-corrected chi connectivity index (χ4v) is 2.46. The van der Waals surface area contributed by atoms with Gasteiger partial charge in [0, 0.05) is 32.1 Å². The topological polar surface area (TPSA) is 151 Å². The maximum absolute atomic E-state index is 12.0. The van der Waals surface area contributed by atoms with Gasteiger partial charge in [0.2, 0.25) is 5.91 Å². The van der Waals surface area contributed by atoms with E-state index < -0.39 is 24.3 Å². The second-order valence-electron chi connectivity index (χ2n) is 7.33. The third-order valence-corrected chi connectivity index (χ3v) is 3.58. The summed E-state index contributed by atoms with van der Waals surface area (Å²) >= 11 is 0. The zero-order chi connectivity index (χ0) is 20.5. The first-order valence-electron chi connectivity index (χ1n) is 8.31. The second-order valence-corrected chi connectivity index (χ2v) is 7.33. The quantitative estimate of drug-likeness (QED) is 0.412. The van der Waals surface area contributed by atoms with Crippen LogP contribution in [0, 0.1) is 5.92 Å². The molecule has 1 aliphatic rings. The van der Waals surface area contributed by atoms with Crippen molar-refractivity contribution >= 4 is 18.0 Å². The minimum atomic E-state index is -1.18. The Kier molecular flexibility index (Phi) is 10.1. The number of rotatable bonds is 4. The Labute approximate surface area is 153 Å². The summed E-state index contributed by atoms with van der Waals surface area (Å²) in [5.41, 5.74) is 5.49. The van der Waals surface area contributed by atoms with Gasteiger partial charge >= 0.3 is 12.1 Å². The number of alkyl carbamates (subject to hydrolysis) is 1. The SMILES string of the molecule is CN(C)C(=O)[C@H]1CC[C@H](N)[C@H](NC(=O)OC(C)(C)C)C1.O=C(O)COO. The largest absolute Gasteiger partial charge is 0.479 e. The van der Waals surface area contributed by atoms with Crippen molar-refractivity contribution in [3.63, 3.8) is 0 Å². The average Bonchev–Trinajstić information content (AvgIpc) is 2.47. The van der Waals surface area contributed by atoms with E-state index in [4.69, 9.17) is 20.8 Å². The van der Waals surface area contributed by atoms with Crippen molar-refractivity contribution in [2.24, 2.45) is 11.7 Å². The smallest absolute Gasteiger partial charge is 0.407 e. The summed E-state index contributed by atoms with van der Waals surface area (Å²) in [6, 6.07) is -0.346. The molecule has 0 aliphatic heterocycles. The molecule has 0 unspecified atom stereocenters. The van der Waals surface area contributed by atoms with E-state index in [1.165, 1.54) is 0 Å². The van der Waals surface area contributed by atoms with Crippen LogP contribution in [0.2, 0.25) is 0 Å². The number of nitrogens with two attached hydrogens (primary N) is 1. The van der Waals surface area contributed by atoms with E-state index in [1.807, 2.05) is 20.8 Å². The molecule has 1 aliphatic carbocycles. The zero-order valence-electron chi connectivity index (χ0n) is 16.0. The van der Waals surface area contributed by atoms with Crippen molar-refractivity contribution in [2.75, 3.05) is 20.7 Å². The summed E-state index contributed by atoms with van der Waals surface area (Å²) in [4.78, 5) is 37.9. The van der Waals surface area contributed by atoms with Gasteiger partial charge in [-0.3, -0.25) is 10.1 Å². The van der Waals surface area contributed by atoms with Gasteiger partial charge in [0.15, 0.2) is 6.61 Å². The summed E-state index contributed by atoms with van der Waals surface area (Å²) in [6.07, 6.45) is 1.59. The molecule has 10 nitrogen and oxygen atoms in total. The van der Waals surface area contributed by atoms with Crippen LogP contribution in [0.4, 0.5) is 4.79 Å². The van der Waals surface area contributed by atoms with E-state index in [1.54, 1.807) is 19.0 Å². The molecule has 0 radical (unpaired) electrons. The predicted octanol–water partition coefficient (Wildman–Crippen LogP) is 0.656. The van der Waals surface area contributed by atoms with Gasteiger partial charge in [0.1, 0.15) is 5.60 Å². The number of carboxylic acids is 1. The lowest BCUT2D eigenvalue weighted by atomic mass is 9.82. The minimum absolute atomic E-state index is 0.0789. The van der Waals surface area contributed by atoms with Crippen molar-refractivity contribution in [2.45, 2.75) is 57.7 Å². The molecule has 0 bridgehead atoms. The molecule has 2 amide bonds. The van der Waals surface area contributed by atoms with Crippen LogP contribution in [-0.2, 0) is 19.2 Å². The molecule has 0 saturated heterocycles. The number of carbonyl (C=O) groups excluding carboxylic acids is 2. The molecule has 152 valence electrons. The zero-order valence-corrected chi connectivity index (χ0v) is 16.0. The highest BCUT2D eigenvalue weighted by Gasteiger charge is 2.34.